The lowest BCUT2D eigenvalue weighted by atomic mass is 10.1. The molecule has 0 aliphatic carbocycles. The van der Waals surface area contributed by atoms with Gasteiger partial charge >= 0.3 is 0 Å². The van der Waals surface area contributed by atoms with E-state index in [-0.39, 0.29) is 12.3 Å². The number of aromatic nitrogens is 4. The van der Waals surface area contributed by atoms with Crippen molar-refractivity contribution >= 4 is 17.5 Å². The molecule has 0 aliphatic heterocycles. The SMILES string of the molecule is Cc1nc(C(NC(=O)Cc2ccn[nH]2)c2ccc(Cl)cc2)no1. The summed E-state index contributed by atoms with van der Waals surface area (Å²) in [5, 5.41) is 14.0. The van der Waals surface area contributed by atoms with E-state index in [1.54, 1.807) is 31.3 Å². The predicted molar refractivity (Wildman–Crippen MR) is 82.8 cm³/mol. The van der Waals surface area contributed by atoms with Gasteiger partial charge in [0.1, 0.15) is 6.04 Å². The summed E-state index contributed by atoms with van der Waals surface area (Å²) in [5.74, 6) is 0.640. The highest BCUT2D eigenvalue weighted by atomic mass is 35.5. The van der Waals surface area contributed by atoms with Crippen molar-refractivity contribution in [2.24, 2.45) is 0 Å². The first-order chi connectivity index (χ1) is 11.1. The molecule has 3 rings (SSSR count). The number of carbonyl (C=O) groups excluding carboxylic acids is 1. The molecule has 7 nitrogen and oxygen atoms in total. The fourth-order valence-electron chi connectivity index (χ4n) is 2.15. The van der Waals surface area contributed by atoms with Gasteiger partial charge in [0, 0.05) is 23.8 Å². The number of aryl methyl sites for hydroxylation is 1. The number of benzene rings is 1. The second-order valence-corrected chi connectivity index (χ2v) is 5.42. The molecular formula is C15H14ClN5O2. The Kier molecular flexibility index (Phi) is 4.38. The largest absolute Gasteiger partial charge is 0.342 e. The van der Waals surface area contributed by atoms with Crippen molar-refractivity contribution < 1.29 is 9.32 Å². The van der Waals surface area contributed by atoms with Gasteiger partial charge in [0.05, 0.1) is 6.42 Å². The Morgan fingerprint density at radius 2 is 2.13 bits per heavy atom. The average molecular weight is 332 g/mol. The number of rotatable bonds is 5. The van der Waals surface area contributed by atoms with Crippen molar-refractivity contribution in [2.45, 2.75) is 19.4 Å². The average Bonchev–Trinajstić information content (AvgIpc) is 3.17. The first-order valence-electron chi connectivity index (χ1n) is 6.95. The highest BCUT2D eigenvalue weighted by molar-refractivity contribution is 6.30. The van der Waals surface area contributed by atoms with Gasteiger partial charge in [0.15, 0.2) is 5.82 Å². The van der Waals surface area contributed by atoms with Gasteiger partial charge in [-0.3, -0.25) is 9.89 Å². The fourth-order valence-corrected chi connectivity index (χ4v) is 2.28. The molecule has 0 aliphatic rings. The molecule has 0 saturated carbocycles. The van der Waals surface area contributed by atoms with Crippen LogP contribution in [0.25, 0.3) is 0 Å². The van der Waals surface area contributed by atoms with Crippen molar-refractivity contribution in [3.63, 3.8) is 0 Å². The Balaban J connectivity index is 1.83. The molecule has 2 N–H and O–H groups in total. The number of amides is 1. The van der Waals surface area contributed by atoms with Crippen LogP contribution in [0.2, 0.25) is 5.02 Å². The second kappa shape index (κ2) is 6.62. The monoisotopic (exact) mass is 331 g/mol. The molecule has 2 aromatic heterocycles. The summed E-state index contributed by atoms with van der Waals surface area (Å²) in [5.41, 5.74) is 1.54. The Hall–Kier alpha value is -2.67. The van der Waals surface area contributed by atoms with Gasteiger partial charge < -0.3 is 9.84 Å². The van der Waals surface area contributed by atoms with Crippen LogP contribution < -0.4 is 5.32 Å². The number of hydrogen-bond donors (Lipinski definition) is 2. The molecular weight excluding hydrogens is 318 g/mol. The maximum Gasteiger partial charge on any atom is 0.226 e. The first kappa shape index (κ1) is 15.2. The van der Waals surface area contributed by atoms with Crippen molar-refractivity contribution in [3.05, 3.63) is 64.5 Å². The Morgan fingerprint density at radius 1 is 1.35 bits per heavy atom. The van der Waals surface area contributed by atoms with Crippen LogP contribution in [0, 0.1) is 6.92 Å². The van der Waals surface area contributed by atoms with E-state index in [1.807, 2.05) is 12.1 Å². The summed E-state index contributed by atoms with van der Waals surface area (Å²) in [7, 11) is 0. The number of nitrogens with zero attached hydrogens (tertiary/aromatic N) is 3. The minimum Gasteiger partial charge on any atom is -0.342 e. The van der Waals surface area contributed by atoms with Crippen LogP contribution in [0.5, 0.6) is 0 Å². The minimum atomic E-state index is -0.514. The van der Waals surface area contributed by atoms with Gasteiger partial charge in [0.25, 0.3) is 0 Å². The summed E-state index contributed by atoms with van der Waals surface area (Å²) in [6.45, 7) is 1.70. The first-order valence-corrected chi connectivity index (χ1v) is 7.33. The summed E-state index contributed by atoms with van der Waals surface area (Å²) in [4.78, 5) is 16.5. The van der Waals surface area contributed by atoms with Gasteiger partial charge in [-0.1, -0.05) is 28.9 Å². The van der Waals surface area contributed by atoms with Crippen LogP contribution >= 0.6 is 11.6 Å². The molecule has 1 amide bonds. The maximum atomic E-state index is 12.3. The second-order valence-electron chi connectivity index (χ2n) is 4.98. The zero-order chi connectivity index (χ0) is 16.2. The third kappa shape index (κ3) is 3.75. The number of nitrogens with one attached hydrogen (secondary N) is 2. The van der Waals surface area contributed by atoms with E-state index in [0.29, 0.717) is 16.7 Å². The number of halogens is 1. The molecule has 2 heterocycles. The third-order valence-corrected chi connectivity index (χ3v) is 3.47. The molecule has 0 spiro atoms. The van der Waals surface area contributed by atoms with Crippen LogP contribution in [0.4, 0.5) is 0 Å². The lowest BCUT2D eigenvalue weighted by Crippen LogP contribution is -2.31. The molecule has 3 aromatic rings. The molecule has 1 atom stereocenters. The van der Waals surface area contributed by atoms with E-state index >= 15 is 0 Å². The van der Waals surface area contributed by atoms with E-state index in [4.69, 9.17) is 16.1 Å². The Labute approximate surface area is 137 Å². The molecule has 118 valence electrons. The molecule has 0 radical (unpaired) electrons. The molecule has 23 heavy (non-hydrogen) atoms. The molecule has 0 bridgehead atoms. The smallest absolute Gasteiger partial charge is 0.226 e. The van der Waals surface area contributed by atoms with Crippen molar-refractivity contribution in [3.8, 4) is 0 Å². The number of H-pyrrole nitrogens is 1. The van der Waals surface area contributed by atoms with E-state index in [0.717, 1.165) is 11.3 Å². The van der Waals surface area contributed by atoms with Crippen LogP contribution in [0.3, 0.4) is 0 Å². The molecule has 0 saturated heterocycles. The van der Waals surface area contributed by atoms with Crippen LogP contribution in [0.15, 0.2) is 41.1 Å². The van der Waals surface area contributed by atoms with Crippen molar-refractivity contribution in [1.82, 2.24) is 25.7 Å². The fraction of sp³-hybridized carbons (Fsp3) is 0.200. The van der Waals surface area contributed by atoms with E-state index in [9.17, 15) is 4.79 Å². The zero-order valence-electron chi connectivity index (χ0n) is 12.3. The Bertz CT molecular complexity index is 783. The van der Waals surface area contributed by atoms with E-state index in [1.165, 1.54) is 0 Å². The van der Waals surface area contributed by atoms with Gasteiger partial charge in [-0.2, -0.15) is 10.1 Å². The molecule has 8 heteroatoms. The molecule has 1 aromatic carbocycles. The van der Waals surface area contributed by atoms with Gasteiger partial charge in [-0.15, -0.1) is 0 Å². The van der Waals surface area contributed by atoms with Crippen molar-refractivity contribution in [1.29, 1.82) is 0 Å². The van der Waals surface area contributed by atoms with Crippen LogP contribution in [0.1, 0.15) is 29.0 Å². The molecule has 0 fully saturated rings. The lowest BCUT2D eigenvalue weighted by molar-refractivity contribution is -0.121. The van der Waals surface area contributed by atoms with E-state index < -0.39 is 6.04 Å². The van der Waals surface area contributed by atoms with E-state index in [2.05, 4.69) is 25.7 Å². The Morgan fingerprint density at radius 3 is 2.74 bits per heavy atom. The van der Waals surface area contributed by atoms with Gasteiger partial charge in [-0.25, -0.2) is 0 Å². The van der Waals surface area contributed by atoms with Gasteiger partial charge in [-0.05, 0) is 23.8 Å². The zero-order valence-corrected chi connectivity index (χ0v) is 13.0. The third-order valence-electron chi connectivity index (χ3n) is 3.22. The molecule has 1 unspecified atom stereocenters. The number of carbonyl (C=O) groups is 1. The van der Waals surface area contributed by atoms with Crippen LogP contribution in [-0.2, 0) is 11.2 Å². The van der Waals surface area contributed by atoms with Gasteiger partial charge in [0.2, 0.25) is 11.8 Å². The van der Waals surface area contributed by atoms with Crippen LogP contribution in [-0.4, -0.2) is 26.2 Å². The topological polar surface area (TPSA) is 96.7 Å². The number of hydrogen-bond acceptors (Lipinski definition) is 5. The number of aromatic amines is 1. The summed E-state index contributed by atoms with van der Waals surface area (Å²) < 4.78 is 5.02. The summed E-state index contributed by atoms with van der Waals surface area (Å²) in [6, 6.07) is 8.36. The standard InChI is InChI=1S/C15H14ClN5O2/c1-9-18-15(21-23-9)14(10-2-4-11(16)5-3-10)19-13(22)8-12-6-7-17-20-12/h2-7,14H,8H2,1H3,(H,17,20)(H,19,22). The summed E-state index contributed by atoms with van der Waals surface area (Å²) >= 11 is 5.92. The lowest BCUT2D eigenvalue weighted by Gasteiger charge is -2.15. The highest BCUT2D eigenvalue weighted by Crippen LogP contribution is 2.21. The highest BCUT2D eigenvalue weighted by Gasteiger charge is 2.22. The maximum absolute atomic E-state index is 12.3. The predicted octanol–water partition coefficient (Wildman–Crippen LogP) is 2.20. The summed E-state index contributed by atoms with van der Waals surface area (Å²) in [6.07, 6.45) is 1.78. The normalized spacial score (nSPS) is 12.1. The minimum absolute atomic E-state index is 0.181. The quantitative estimate of drug-likeness (QED) is 0.747. The van der Waals surface area contributed by atoms with Crippen molar-refractivity contribution in [2.75, 3.05) is 0 Å².